The first-order valence-corrected chi connectivity index (χ1v) is 8.68. The smallest absolute Gasteiger partial charge is 0.256 e. The quantitative estimate of drug-likeness (QED) is 0.535. The normalized spacial score (nSPS) is 10.8. The topological polar surface area (TPSA) is 85.3 Å². The number of nitrogens with two attached hydrogens (primary N) is 1. The molecule has 2 aromatic carbocycles. The molecule has 4 rings (SSSR count). The van der Waals surface area contributed by atoms with Gasteiger partial charge in [-0.25, -0.2) is 9.50 Å². The first-order chi connectivity index (χ1) is 12.6. The molecule has 7 heteroatoms. The van der Waals surface area contributed by atoms with Gasteiger partial charge in [0.1, 0.15) is 5.56 Å². The summed E-state index contributed by atoms with van der Waals surface area (Å²) in [6.07, 6.45) is 1.65. The third-order valence-electron chi connectivity index (χ3n) is 3.94. The Balaban J connectivity index is 1.89. The predicted octanol–water partition coefficient (Wildman–Crippen LogP) is 4.00. The highest BCUT2D eigenvalue weighted by molar-refractivity contribution is 9.10. The monoisotopic (exact) mass is 407 g/mol. The minimum Gasteiger partial charge on any atom is -0.365 e. The van der Waals surface area contributed by atoms with Crippen LogP contribution in [0.1, 0.15) is 10.4 Å². The second-order valence-corrected chi connectivity index (χ2v) is 6.57. The van der Waals surface area contributed by atoms with Crippen LogP contribution in [0.4, 0.5) is 11.5 Å². The highest BCUT2D eigenvalue weighted by Gasteiger charge is 2.21. The van der Waals surface area contributed by atoms with Gasteiger partial charge in [0.25, 0.3) is 5.91 Å². The third-order valence-corrected chi connectivity index (χ3v) is 4.47. The number of rotatable bonds is 4. The number of benzene rings is 2. The second-order valence-electron chi connectivity index (χ2n) is 5.65. The number of fused-ring (bicyclic) bond motifs is 1. The number of carbonyl (C=O) groups excluding carboxylic acids is 1. The van der Waals surface area contributed by atoms with E-state index in [2.05, 4.69) is 31.3 Å². The lowest BCUT2D eigenvalue weighted by Crippen LogP contribution is -2.13. The summed E-state index contributed by atoms with van der Waals surface area (Å²) in [6.45, 7) is 0. The van der Waals surface area contributed by atoms with E-state index in [-0.39, 0.29) is 5.56 Å². The molecule has 2 aromatic heterocycles. The van der Waals surface area contributed by atoms with Gasteiger partial charge in [0, 0.05) is 21.9 Å². The van der Waals surface area contributed by atoms with Gasteiger partial charge in [-0.2, -0.15) is 0 Å². The molecule has 0 fully saturated rings. The lowest BCUT2D eigenvalue weighted by Gasteiger charge is -2.04. The standard InChI is InChI=1S/C19H14BrN5O/c20-13-6-8-14(9-7-13)23-18-16(17(21)26)19-22-11-10-15(25(19)24-18)12-4-2-1-3-5-12/h1-11H,(H2,21,26)(H,23,24). The zero-order valence-electron chi connectivity index (χ0n) is 13.6. The van der Waals surface area contributed by atoms with E-state index in [1.165, 1.54) is 0 Å². The lowest BCUT2D eigenvalue weighted by atomic mass is 10.1. The molecular weight excluding hydrogens is 394 g/mol. The van der Waals surface area contributed by atoms with Crippen molar-refractivity contribution in [3.8, 4) is 11.3 Å². The number of nitrogens with one attached hydrogen (secondary N) is 1. The minimum absolute atomic E-state index is 0.255. The third kappa shape index (κ3) is 2.93. The van der Waals surface area contributed by atoms with Crippen LogP contribution >= 0.6 is 15.9 Å². The van der Waals surface area contributed by atoms with Crippen molar-refractivity contribution in [2.75, 3.05) is 5.32 Å². The average molecular weight is 408 g/mol. The van der Waals surface area contributed by atoms with Crippen molar-refractivity contribution in [3.63, 3.8) is 0 Å². The number of nitrogens with zero attached hydrogens (tertiary/aromatic N) is 3. The van der Waals surface area contributed by atoms with Gasteiger partial charge in [0.05, 0.1) is 5.69 Å². The zero-order chi connectivity index (χ0) is 18.1. The van der Waals surface area contributed by atoms with Gasteiger partial charge in [0.2, 0.25) is 0 Å². The molecule has 0 aliphatic rings. The SMILES string of the molecule is NC(=O)c1c(Nc2ccc(Br)cc2)nn2c(-c3ccccc3)ccnc12. The van der Waals surface area contributed by atoms with Crippen molar-refractivity contribution in [1.82, 2.24) is 14.6 Å². The van der Waals surface area contributed by atoms with Crippen molar-refractivity contribution in [3.05, 3.63) is 76.9 Å². The number of anilines is 2. The molecule has 0 unspecified atom stereocenters. The number of carbonyl (C=O) groups is 1. The lowest BCUT2D eigenvalue weighted by molar-refractivity contribution is 0.100. The van der Waals surface area contributed by atoms with E-state index >= 15 is 0 Å². The fraction of sp³-hybridized carbons (Fsp3) is 0. The fourth-order valence-corrected chi connectivity index (χ4v) is 3.02. The van der Waals surface area contributed by atoms with Crippen molar-refractivity contribution >= 4 is 39.0 Å². The molecule has 1 amide bonds. The van der Waals surface area contributed by atoms with Gasteiger partial charge in [0.15, 0.2) is 11.5 Å². The van der Waals surface area contributed by atoms with E-state index in [1.54, 1.807) is 10.7 Å². The fourth-order valence-electron chi connectivity index (χ4n) is 2.76. The summed E-state index contributed by atoms with van der Waals surface area (Å²) in [5, 5.41) is 7.71. The van der Waals surface area contributed by atoms with E-state index in [4.69, 9.17) is 5.73 Å². The van der Waals surface area contributed by atoms with Crippen molar-refractivity contribution in [1.29, 1.82) is 0 Å². The molecule has 3 N–H and O–H groups in total. The summed E-state index contributed by atoms with van der Waals surface area (Å²) in [4.78, 5) is 16.4. The van der Waals surface area contributed by atoms with E-state index < -0.39 is 5.91 Å². The molecular formula is C19H14BrN5O. The Labute approximate surface area is 157 Å². The summed E-state index contributed by atoms with van der Waals surface area (Å²) in [5.74, 6) is -0.215. The largest absolute Gasteiger partial charge is 0.365 e. The van der Waals surface area contributed by atoms with Gasteiger partial charge in [-0.3, -0.25) is 4.79 Å². The molecule has 0 spiro atoms. The average Bonchev–Trinajstić information content (AvgIpc) is 3.02. The van der Waals surface area contributed by atoms with E-state index in [1.807, 2.05) is 60.7 Å². The molecule has 0 aliphatic carbocycles. The second kappa shape index (κ2) is 6.61. The maximum absolute atomic E-state index is 12.1. The highest BCUT2D eigenvalue weighted by atomic mass is 79.9. The number of hydrogen-bond donors (Lipinski definition) is 2. The summed E-state index contributed by atoms with van der Waals surface area (Å²) < 4.78 is 2.59. The van der Waals surface area contributed by atoms with Crippen LogP contribution < -0.4 is 11.1 Å². The van der Waals surface area contributed by atoms with Crippen molar-refractivity contribution in [2.45, 2.75) is 0 Å². The van der Waals surface area contributed by atoms with E-state index in [0.29, 0.717) is 11.5 Å². The van der Waals surface area contributed by atoms with Crippen molar-refractivity contribution in [2.24, 2.45) is 5.73 Å². The summed E-state index contributed by atoms with van der Waals surface area (Å²) in [6, 6.07) is 19.2. The van der Waals surface area contributed by atoms with Crippen LogP contribution in [-0.4, -0.2) is 20.5 Å². The molecule has 128 valence electrons. The van der Waals surface area contributed by atoms with Gasteiger partial charge in [-0.1, -0.05) is 46.3 Å². The number of amides is 1. The summed E-state index contributed by atoms with van der Waals surface area (Å²) in [5.41, 5.74) is 8.86. The highest BCUT2D eigenvalue weighted by Crippen LogP contribution is 2.27. The molecule has 0 bridgehead atoms. The Morgan fingerprint density at radius 2 is 1.77 bits per heavy atom. The minimum atomic E-state index is -0.586. The van der Waals surface area contributed by atoms with Crippen LogP contribution in [0, 0.1) is 0 Å². The Bertz CT molecular complexity index is 1090. The Morgan fingerprint density at radius 3 is 2.46 bits per heavy atom. The first-order valence-electron chi connectivity index (χ1n) is 7.89. The molecule has 0 saturated heterocycles. The number of halogens is 1. The van der Waals surface area contributed by atoms with Crippen molar-refractivity contribution < 1.29 is 4.79 Å². The Hall–Kier alpha value is -3.19. The van der Waals surface area contributed by atoms with Gasteiger partial charge in [-0.05, 0) is 30.3 Å². The zero-order valence-corrected chi connectivity index (χ0v) is 15.1. The molecule has 26 heavy (non-hydrogen) atoms. The van der Waals surface area contributed by atoms with Gasteiger partial charge >= 0.3 is 0 Å². The molecule has 6 nitrogen and oxygen atoms in total. The molecule has 4 aromatic rings. The van der Waals surface area contributed by atoms with Crippen LogP contribution in [0.5, 0.6) is 0 Å². The van der Waals surface area contributed by atoms with Crippen LogP contribution in [0.2, 0.25) is 0 Å². The van der Waals surface area contributed by atoms with E-state index in [0.717, 1.165) is 21.4 Å². The number of hydrogen-bond acceptors (Lipinski definition) is 4. The van der Waals surface area contributed by atoms with Gasteiger partial charge in [-0.15, -0.1) is 5.10 Å². The molecule has 0 aliphatic heterocycles. The summed E-state index contributed by atoms with van der Waals surface area (Å²) >= 11 is 3.40. The Morgan fingerprint density at radius 1 is 1.04 bits per heavy atom. The van der Waals surface area contributed by atoms with Crippen LogP contribution in [0.25, 0.3) is 16.9 Å². The maximum Gasteiger partial charge on any atom is 0.256 e. The predicted molar refractivity (Wildman–Crippen MR) is 104 cm³/mol. The summed E-state index contributed by atoms with van der Waals surface area (Å²) in [7, 11) is 0. The molecule has 0 saturated carbocycles. The molecule has 0 atom stereocenters. The van der Waals surface area contributed by atoms with Crippen LogP contribution in [-0.2, 0) is 0 Å². The van der Waals surface area contributed by atoms with Crippen LogP contribution in [0.15, 0.2) is 71.3 Å². The molecule has 2 heterocycles. The Kier molecular flexibility index (Phi) is 4.14. The number of primary amides is 1. The van der Waals surface area contributed by atoms with Crippen LogP contribution in [0.3, 0.4) is 0 Å². The van der Waals surface area contributed by atoms with E-state index in [9.17, 15) is 4.79 Å². The maximum atomic E-state index is 12.1. The number of aromatic nitrogens is 3. The van der Waals surface area contributed by atoms with Gasteiger partial charge < -0.3 is 11.1 Å². The molecule has 0 radical (unpaired) electrons. The first kappa shape index (κ1) is 16.3.